The Morgan fingerprint density at radius 1 is 1.13 bits per heavy atom. The predicted octanol–water partition coefficient (Wildman–Crippen LogP) is 1.81. The zero-order valence-electron chi connectivity index (χ0n) is 12.7. The van der Waals surface area contributed by atoms with Crippen molar-refractivity contribution in [1.29, 1.82) is 0 Å². The second-order valence-electron chi connectivity index (χ2n) is 5.37. The third-order valence-corrected chi connectivity index (χ3v) is 3.69. The maximum Gasteiger partial charge on any atom is 0.418 e. The van der Waals surface area contributed by atoms with Crippen LogP contribution < -0.4 is 5.32 Å². The van der Waals surface area contributed by atoms with Gasteiger partial charge in [0, 0.05) is 33.1 Å². The quantitative estimate of drug-likeness (QED) is 0.920. The fourth-order valence-electron chi connectivity index (χ4n) is 2.45. The summed E-state index contributed by atoms with van der Waals surface area (Å²) in [5.74, 6) is -0.522. The van der Waals surface area contributed by atoms with Crippen LogP contribution in [0.15, 0.2) is 24.3 Å². The number of carbonyl (C=O) groups excluding carboxylic acids is 2. The Bertz CT molecular complexity index is 582. The van der Waals surface area contributed by atoms with E-state index < -0.39 is 17.6 Å². The van der Waals surface area contributed by atoms with E-state index in [1.807, 2.05) is 4.90 Å². The number of piperazine rings is 1. The summed E-state index contributed by atoms with van der Waals surface area (Å²) in [6.45, 7) is 3.56. The second kappa shape index (κ2) is 6.99. The van der Waals surface area contributed by atoms with Crippen LogP contribution in [0.1, 0.15) is 12.5 Å². The Morgan fingerprint density at radius 3 is 2.30 bits per heavy atom. The average molecular weight is 329 g/mol. The summed E-state index contributed by atoms with van der Waals surface area (Å²) >= 11 is 0. The lowest BCUT2D eigenvalue weighted by Crippen LogP contribution is -2.49. The SMILES string of the molecule is CC(=O)N1CCN(CC(=O)Nc2ccccc2C(F)(F)F)CC1. The summed E-state index contributed by atoms with van der Waals surface area (Å²) < 4.78 is 38.6. The zero-order chi connectivity index (χ0) is 17.0. The molecule has 1 N–H and O–H groups in total. The number of amides is 2. The van der Waals surface area contributed by atoms with Gasteiger partial charge in [0.1, 0.15) is 0 Å². The number of halogens is 3. The molecule has 2 rings (SSSR count). The number of para-hydroxylation sites is 1. The highest BCUT2D eigenvalue weighted by Crippen LogP contribution is 2.34. The molecule has 8 heteroatoms. The molecule has 2 amide bonds. The summed E-state index contributed by atoms with van der Waals surface area (Å²) in [4.78, 5) is 26.7. The van der Waals surface area contributed by atoms with Crippen LogP contribution in [0.4, 0.5) is 18.9 Å². The molecule has 1 saturated heterocycles. The van der Waals surface area contributed by atoms with Gasteiger partial charge in [-0.3, -0.25) is 14.5 Å². The van der Waals surface area contributed by atoms with E-state index in [1.165, 1.54) is 25.1 Å². The minimum Gasteiger partial charge on any atom is -0.340 e. The third-order valence-electron chi connectivity index (χ3n) is 3.69. The van der Waals surface area contributed by atoms with Gasteiger partial charge < -0.3 is 10.2 Å². The predicted molar refractivity (Wildman–Crippen MR) is 78.8 cm³/mol. The van der Waals surface area contributed by atoms with Gasteiger partial charge in [0.05, 0.1) is 17.8 Å². The first kappa shape index (κ1) is 17.3. The van der Waals surface area contributed by atoms with Crippen LogP contribution in [0.2, 0.25) is 0 Å². The maximum atomic E-state index is 12.9. The summed E-state index contributed by atoms with van der Waals surface area (Å²) in [6.07, 6.45) is -4.52. The molecule has 0 spiro atoms. The molecule has 1 heterocycles. The van der Waals surface area contributed by atoms with Crippen LogP contribution in [0.5, 0.6) is 0 Å². The standard InChI is InChI=1S/C15H18F3N3O2/c1-11(22)21-8-6-20(7-9-21)10-14(23)19-13-5-3-2-4-12(13)15(16,17)18/h2-5H,6-10H2,1H3,(H,19,23). The fraction of sp³-hybridized carbons (Fsp3) is 0.467. The minimum atomic E-state index is -4.52. The Labute approximate surface area is 132 Å². The second-order valence-corrected chi connectivity index (χ2v) is 5.37. The number of nitrogens with zero attached hydrogens (tertiary/aromatic N) is 2. The summed E-state index contributed by atoms with van der Waals surface area (Å²) in [5, 5.41) is 2.32. The number of hydrogen-bond donors (Lipinski definition) is 1. The van der Waals surface area contributed by atoms with E-state index in [0.717, 1.165) is 6.07 Å². The smallest absolute Gasteiger partial charge is 0.340 e. The van der Waals surface area contributed by atoms with Gasteiger partial charge in [0.2, 0.25) is 11.8 Å². The van der Waals surface area contributed by atoms with Gasteiger partial charge in [0.25, 0.3) is 0 Å². The summed E-state index contributed by atoms with van der Waals surface area (Å²) in [6, 6.07) is 4.88. The number of benzene rings is 1. The van der Waals surface area contributed by atoms with E-state index in [4.69, 9.17) is 0 Å². The van der Waals surface area contributed by atoms with Crippen LogP contribution in [0, 0.1) is 0 Å². The molecule has 23 heavy (non-hydrogen) atoms. The molecule has 0 aromatic heterocycles. The van der Waals surface area contributed by atoms with Crippen LogP contribution in [-0.4, -0.2) is 54.3 Å². The number of carbonyl (C=O) groups is 2. The topological polar surface area (TPSA) is 52.7 Å². The Balaban J connectivity index is 1.93. The first-order chi connectivity index (χ1) is 10.8. The van der Waals surface area contributed by atoms with E-state index in [9.17, 15) is 22.8 Å². The van der Waals surface area contributed by atoms with Crippen molar-refractivity contribution in [3.63, 3.8) is 0 Å². The van der Waals surface area contributed by atoms with E-state index in [2.05, 4.69) is 5.32 Å². The van der Waals surface area contributed by atoms with E-state index in [-0.39, 0.29) is 18.1 Å². The average Bonchev–Trinajstić information content (AvgIpc) is 2.47. The monoisotopic (exact) mass is 329 g/mol. The molecule has 0 bridgehead atoms. The van der Waals surface area contributed by atoms with Gasteiger partial charge in [-0.25, -0.2) is 0 Å². The van der Waals surface area contributed by atoms with Crippen molar-refractivity contribution in [2.45, 2.75) is 13.1 Å². The Hall–Kier alpha value is -2.09. The van der Waals surface area contributed by atoms with E-state index in [0.29, 0.717) is 26.2 Å². The molecule has 1 aromatic rings. The van der Waals surface area contributed by atoms with Gasteiger partial charge in [-0.2, -0.15) is 13.2 Å². The molecule has 1 fully saturated rings. The molecule has 5 nitrogen and oxygen atoms in total. The molecule has 0 saturated carbocycles. The highest BCUT2D eigenvalue weighted by molar-refractivity contribution is 5.93. The van der Waals surface area contributed by atoms with Crippen molar-refractivity contribution in [2.75, 3.05) is 38.0 Å². The molecule has 0 aliphatic carbocycles. The molecule has 1 aliphatic rings. The van der Waals surface area contributed by atoms with Crippen molar-refractivity contribution < 1.29 is 22.8 Å². The van der Waals surface area contributed by atoms with Crippen LogP contribution >= 0.6 is 0 Å². The number of alkyl halides is 3. The van der Waals surface area contributed by atoms with Crippen molar-refractivity contribution in [1.82, 2.24) is 9.80 Å². The molecular formula is C15H18F3N3O2. The van der Waals surface area contributed by atoms with Crippen LogP contribution in [0.3, 0.4) is 0 Å². The molecule has 1 aromatic carbocycles. The van der Waals surface area contributed by atoms with Gasteiger partial charge in [-0.1, -0.05) is 12.1 Å². The van der Waals surface area contributed by atoms with E-state index in [1.54, 1.807) is 4.90 Å². The fourth-order valence-corrected chi connectivity index (χ4v) is 2.45. The molecule has 126 valence electrons. The number of nitrogens with one attached hydrogen (secondary N) is 1. The lowest BCUT2D eigenvalue weighted by Gasteiger charge is -2.33. The molecule has 0 radical (unpaired) electrons. The van der Waals surface area contributed by atoms with Gasteiger partial charge >= 0.3 is 6.18 Å². The van der Waals surface area contributed by atoms with Gasteiger partial charge in [-0.05, 0) is 12.1 Å². The number of anilines is 1. The molecular weight excluding hydrogens is 311 g/mol. The van der Waals surface area contributed by atoms with Crippen molar-refractivity contribution >= 4 is 17.5 Å². The lowest BCUT2D eigenvalue weighted by atomic mass is 10.1. The minimum absolute atomic E-state index is 0.00205. The van der Waals surface area contributed by atoms with Crippen molar-refractivity contribution in [3.8, 4) is 0 Å². The number of rotatable bonds is 3. The highest BCUT2D eigenvalue weighted by atomic mass is 19.4. The van der Waals surface area contributed by atoms with Crippen molar-refractivity contribution in [2.24, 2.45) is 0 Å². The Morgan fingerprint density at radius 2 is 1.74 bits per heavy atom. The normalized spacial score (nSPS) is 16.3. The number of hydrogen-bond acceptors (Lipinski definition) is 3. The Kier molecular flexibility index (Phi) is 5.25. The summed E-state index contributed by atoms with van der Waals surface area (Å²) in [7, 11) is 0. The van der Waals surface area contributed by atoms with E-state index >= 15 is 0 Å². The lowest BCUT2D eigenvalue weighted by molar-refractivity contribution is -0.137. The molecule has 0 atom stereocenters. The van der Waals surface area contributed by atoms with Crippen LogP contribution in [-0.2, 0) is 15.8 Å². The highest BCUT2D eigenvalue weighted by Gasteiger charge is 2.33. The largest absolute Gasteiger partial charge is 0.418 e. The van der Waals surface area contributed by atoms with Crippen LogP contribution in [0.25, 0.3) is 0 Å². The first-order valence-corrected chi connectivity index (χ1v) is 7.21. The molecule has 0 unspecified atom stereocenters. The van der Waals surface area contributed by atoms with Crippen molar-refractivity contribution in [3.05, 3.63) is 29.8 Å². The summed E-state index contributed by atoms with van der Waals surface area (Å²) in [5.41, 5.74) is -1.11. The maximum absolute atomic E-state index is 12.9. The first-order valence-electron chi connectivity index (χ1n) is 7.21. The van der Waals surface area contributed by atoms with Gasteiger partial charge in [-0.15, -0.1) is 0 Å². The van der Waals surface area contributed by atoms with Gasteiger partial charge in [0.15, 0.2) is 0 Å². The molecule has 1 aliphatic heterocycles. The third kappa shape index (κ3) is 4.69. The zero-order valence-corrected chi connectivity index (χ0v) is 12.7.